The molecule has 0 fully saturated rings. The second kappa shape index (κ2) is 6.87. The van der Waals surface area contributed by atoms with E-state index in [0.29, 0.717) is 37.3 Å². The highest BCUT2D eigenvalue weighted by molar-refractivity contribution is 5.73. The molecule has 0 aliphatic carbocycles. The Balaban J connectivity index is 1.73. The molecule has 140 valence electrons. The van der Waals surface area contributed by atoms with Crippen molar-refractivity contribution in [1.29, 1.82) is 0 Å². The maximum absolute atomic E-state index is 10.4. The van der Waals surface area contributed by atoms with Gasteiger partial charge in [-0.2, -0.15) is 5.10 Å². The Morgan fingerprint density at radius 2 is 1.81 bits per heavy atom. The number of aromatic nitrogens is 2. The molecule has 3 N–H and O–H groups in total. The van der Waals surface area contributed by atoms with Crippen LogP contribution in [0.25, 0.3) is 11.3 Å². The van der Waals surface area contributed by atoms with Gasteiger partial charge in [0, 0.05) is 29.3 Å². The molecule has 3 aromatic rings. The van der Waals surface area contributed by atoms with E-state index in [9.17, 15) is 10.2 Å². The van der Waals surface area contributed by atoms with Crippen LogP contribution in [-0.4, -0.2) is 33.6 Å². The van der Waals surface area contributed by atoms with E-state index < -0.39 is 0 Å². The number of hydrogen-bond acceptors (Lipinski definition) is 5. The summed E-state index contributed by atoms with van der Waals surface area (Å²) in [5.74, 6) is 1.62. The summed E-state index contributed by atoms with van der Waals surface area (Å²) in [5, 5.41) is 27.8. The summed E-state index contributed by atoms with van der Waals surface area (Å²) < 4.78 is 11.3. The molecule has 1 aliphatic heterocycles. The molecule has 2 heterocycles. The Hall–Kier alpha value is -3.15. The maximum atomic E-state index is 10.4. The van der Waals surface area contributed by atoms with Crippen LogP contribution in [0.2, 0.25) is 0 Å². The fourth-order valence-corrected chi connectivity index (χ4v) is 3.39. The van der Waals surface area contributed by atoms with Crippen molar-refractivity contribution in [2.24, 2.45) is 0 Å². The zero-order chi connectivity index (χ0) is 19.0. The van der Waals surface area contributed by atoms with Gasteiger partial charge in [0.05, 0.1) is 5.69 Å². The molecule has 0 amide bonds. The molecule has 4 rings (SSSR count). The van der Waals surface area contributed by atoms with Crippen molar-refractivity contribution >= 4 is 0 Å². The molecule has 0 radical (unpaired) electrons. The number of fused-ring (bicyclic) bond motifs is 1. The number of phenolic OH excluding ortho intramolecular Hbond substituents is 2. The topological polar surface area (TPSA) is 87.6 Å². The van der Waals surface area contributed by atoms with Crippen molar-refractivity contribution < 1.29 is 19.7 Å². The summed E-state index contributed by atoms with van der Waals surface area (Å²) in [4.78, 5) is 0. The van der Waals surface area contributed by atoms with Gasteiger partial charge in [-0.3, -0.25) is 5.10 Å². The fourth-order valence-electron chi connectivity index (χ4n) is 3.39. The molecule has 0 unspecified atom stereocenters. The van der Waals surface area contributed by atoms with E-state index in [0.717, 1.165) is 33.9 Å². The summed E-state index contributed by atoms with van der Waals surface area (Å²) in [7, 11) is 0. The lowest BCUT2D eigenvalue weighted by atomic mass is 9.96. The lowest BCUT2D eigenvalue weighted by molar-refractivity contribution is 0.171. The van der Waals surface area contributed by atoms with Crippen LogP contribution in [0.1, 0.15) is 29.3 Å². The number of nitrogens with zero attached hydrogens (tertiary/aromatic N) is 1. The first-order valence-electron chi connectivity index (χ1n) is 9.04. The van der Waals surface area contributed by atoms with Crippen molar-refractivity contribution in [3.05, 3.63) is 52.7 Å². The lowest BCUT2D eigenvalue weighted by Gasteiger charge is -2.19. The molecular formula is C21H22N2O4. The minimum atomic E-state index is 0.0135. The van der Waals surface area contributed by atoms with Crippen LogP contribution < -0.4 is 9.47 Å². The molecule has 27 heavy (non-hydrogen) atoms. The quantitative estimate of drug-likeness (QED) is 0.655. The number of benzene rings is 2. The summed E-state index contributed by atoms with van der Waals surface area (Å²) in [6, 6.07) is 9.10. The Kier molecular flexibility index (Phi) is 4.39. The van der Waals surface area contributed by atoms with Crippen LogP contribution in [0, 0.1) is 6.92 Å². The van der Waals surface area contributed by atoms with Crippen molar-refractivity contribution in [3.8, 4) is 34.3 Å². The molecule has 0 atom stereocenters. The van der Waals surface area contributed by atoms with E-state index in [1.165, 1.54) is 6.07 Å². The second-order valence-corrected chi connectivity index (χ2v) is 6.68. The minimum absolute atomic E-state index is 0.0135. The Morgan fingerprint density at radius 1 is 1.04 bits per heavy atom. The van der Waals surface area contributed by atoms with Crippen LogP contribution in [0.15, 0.2) is 30.3 Å². The predicted molar refractivity (Wildman–Crippen MR) is 102 cm³/mol. The van der Waals surface area contributed by atoms with E-state index in [1.807, 2.05) is 32.0 Å². The van der Waals surface area contributed by atoms with E-state index in [2.05, 4.69) is 10.2 Å². The Labute approximate surface area is 157 Å². The summed E-state index contributed by atoms with van der Waals surface area (Å²) in [5.41, 5.74) is 5.07. The number of aromatic hydroxyl groups is 2. The Bertz CT molecular complexity index is 994. The molecule has 0 saturated heterocycles. The molecule has 2 aromatic carbocycles. The number of nitrogens with one attached hydrogen (secondary N) is 1. The molecule has 0 saturated carbocycles. The normalized spacial score (nSPS) is 13.0. The molecule has 6 heteroatoms. The SMILES string of the molecule is CCc1cc(-c2n[nH]c(C)c2Cc2ccc3c(c2)OCCO3)c(O)cc1O. The van der Waals surface area contributed by atoms with Crippen molar-refractivity contribution in [2.45, 2.75) is 26.7 Å². The van der Waals surface area contributed by atoms with Gasteiger partial charge < -0.3 is 19.7 Å². The van der Waals surface area contributed by atoms with Crippen LogP contribution in [-0.2, 0) is 12.8 Å². The van der Waals surface area contributed by atoms with Gasteiger partial charge in [0.15, 0.2) is 11.5 Å². The van der Waals surface area contributed by atoms with E-state index in [1.54, 1.807) is 6.07 Å². The number of rotatable bonds is 4. The summed E-state index contributed by atoms with van der Waals surface area (Å²) >= 11 is 0. The number of phenols is 2. The van der Waals surface area contributed by atoms with Crippen LogP contribution in [0.5, 0.6) is 23.0 Å². The fraction of sp³-hybridized carbons (Fsp3) is 0.286. The molecule has 1 aliphatic rings. The van der Waals surface area contributed by atoms with Crippen LogP contribution >= 0.6 is 0 Å². The first-order valence-corrected chi connectivity index (χ1v) is 9.04. The van der Waals surface area contributed by atoms with E-state index in [-0.39, 0.29) is 11.5 Å². The first-order chi connectivity index (χ1) is 13.1. The number of hydrogen-bond donors (Lipinski definition) is 3. The summed E-state index contributed by atoms with van der Waals surface area (Å²) in [6.07, 6.45) is 1.30. The van der Waals surface area contributed by atoms with Gasteiger partial charge in [-0.15, -0.1) is 0 Å². The zero-order valence-corrected chi connectivity index (χ0v) is 15.4. The smallest absolute Gasteiger partial charge is 0.161 e. The van der Waals surface area contributed by atoms with Gasteiger partial charge in [0.1, 0.15) is 24.7 Å². The average molecular weight is 366 g/mol. The number of aromatic amines is 1. The van der Waals surface area contributed by atoms with Gasteiger partial charge in [0.25, 0.3) is 0 Å². The van der Waals surface area contributed by atoms with Crippen molar-refractivity contribution in [2.75, 3.05) is 13.2 Å². The van der Waals surface area contributed by atoms with Gasteiger partial charge in [-0.05, 0) is 42.7 Å². The second-order valence-electron chi connectivity index (χ2n) is 6.68. The largest absolute Gasteiger partial charge is 0.508 e. The third kappa shape index (κ3) is 3.18. The highest BCUT2D eigenvalue weighted by Crippen LogP contribution is 2.38. The number of ether oxygens (including phenoxy) is 2. The third-order valence-corrected chi connectivity index (χ3v) is 4.89. The third-order valence-electron chi connectivity index (χ3n) is 4.89. The molecule has 0 spiro atoms. The first kappa shape index (κ1) is 17.3. The van der Waals surface area contributed by atoms with Gasteiger partial charge >= 0.3 is 0 Å². The van der Waals surface area contributed by atoms with Crippen molar-refractivity contribution in [3.63, 3.8) is 0 Å². The van der Waals surface area contributed by atoms with Crippen molar-refractivity contribution in [1.82, 2.24) is 10.2 Å². The van der Waals surface area contributed by atoms with Crippen LogP contribution in [0.3, 0.4) is 0 Å². The average Bonchev–Trinajstić information content (AvgIpc) is 3.02. The highest BCUT2D eigenvalue weighted by atomic mass is 16.6. The van der Waals surface area contributed by atoms with E-state index in [4.69, 9.17) is 9.47 Å². The molecule has 0 bridgehead atoms. The van der Waals surface area contributed by atoms with Crippen LogP contribution in [0.4, 0.5) is 0 Å². The highest BCUT2D eigenvalue weighted by Gasteiger charge is 2.19. The maximum Gasteiger partial charge on any atom is 0.161 e. The number of aryl methyl sites for hydroxylation is 2. The monoisotopic (exact) mass is 366 g/mol. The minimum Gasteiger partial charge on any atom is -0.508 e. The van der Waals surface area contributed by atoms with E-state index >= 15 is 0 Å². The van der Waals surface area contributed by atoms with Gasteiger partial charge in [-0.25, -0.2) is 0 Å². The van der Waals surface area contributed by atoms with Gasteiger partial charge in [-0.1, -0.05) is 13.0 Å². The predicted octanol–water partition coefficient (Wildman–Crippen LogP) is 3.72. The summed E-state index contributed by atoms with van der Waals surface area (Å²) in [6.45, 7) is 5.04. The standard InChI is InChI=1S/C21H22N2O4/c1-3-14-10-16(18(25)11-17(14)24)21-15(12(2)22-23-21)8-13-4-5-19-20(9-13)27-7-6-26-19/h4-5,9-11,24-25H,3,6-8H2,1-2H3,(H,22,23). The molecule has 6 nitrogen and oxygen atoms in total. The molecule has 1 aromatic heterocycles. The van der Waals surface area contributed by atoms with Gasteiger partial charge in [0.2, 0.25) is 0 Å². The lowest BCUT2D eigenvalue weighted by Crippen LogP contribution is -2.15. The molecular weight excluding hydrogens is 344 g/mol. The number of H-pyrrole nitrogens is 1. The Morgan fingerprint density at radius 3 is 2.59 bits per heavy atom. The zero-order valence-electron chi connectivity index (χ0n) is 15.4.